The molecule has 27 heavy (non-hydrogen) atoms. The van der Waals surface area contributed by atoms with Gasteiger partial charge in [0, 0.05) is 11.4 Å². The summed E-state index contributed by atoms with van der Waals surface area (Å²) in [5, 5.41) is 0.773. The molecule has 0 N–H and O–H groups in total. The standard InChI is InChI=1S/C20H21FN2O2S2/c1-13-7-8-18(14(2)9-13)23-19-12-27(24,25)11-17(19)22-20(23)26-10-15-5-3-4-6-16(15)21/h3-9,17,19H,10-12H2,1-2H3/t17-,19+/m0/s1. The van der Waals surface area contributed by atoms with Crippen molar-refractivity contribution in [1.82, 2.24) is 0 Å². The Hall–Kier alpha value is -1.86. The lowest BCUT2D eigenvalue weighted by Crippen LogP contribution is -2.39. The smallest absolute Gasteiger partial charge is 0.164 e. The summed E-state index contributed by atoms with van der Waals surface area (Å²) in [7, 11) is -3.08. The van der Waals surface area contributed by atoms with Crippen LogP contribution in [0, 0.1) is 19.7 Å². The minimum atomic E-state index is -3.08. The minimum Gasteiger partial charge on any atom is -0.315 e. The SMILES string of the molecule is Cc1ccc(N2C(SCc3ccccc3F)=N[C@H]3CS(=O)(=O)C[C@H]32)c(C)c1. The second kappa shape index (κ2) is 6.95. The number of thioether (sulfide) groups is 1. The third kappa shape index (κ3) is 3.62. The Morgan fingerprint density at radius 2 is 1.96 bits per heavy atom. The number of hydrogen-bond acceptors (Lipinski definition) is 5. The number of anilines is 1. The van der Waals surface area contributed by atoms with Crippen LogP contribution in [0.1, 0.15) is 16.7 Å². The van der Waals surface area contributed by atoms with E-state index in [1.54, 1.807) is 12.1 Å². The lowest BCUT2D eigenvalue weighted by atomic mass is 10.1. The van der Waals surface area contributed by atoms with Crippen LogP contribution in [0.25, 0.3) is 0 Å². The molecule has 1 saturated heterocycles. The molecule has 1 fully saturated rings. The number of rotatable bonds is 3. The first-order valence-electron chi connectivity index (χ1n) is 8.85. The molecule has 2 heterocycles. The molecule has 0 saturated carbocycles. The number of benzene rings is 2. The zero-order valence-electron chi connectivity index (χ0n) is 15.2. The summed E-state index contributed by atoms with van der Waals surface area (Å²) in [5.74, 6) is 0.421. The third-order valence-corrected chi connectivity index (χ3v) is 7.75. The van der Waals surface area contributed by atoms with E-state index in [0.29, 0.717) is 11.3 Å². The molecule has 7 heteroatoms. The predicted molar refractivity (Wildman–Crippen MR) is 110 cm³/mol. The van der Waals surface area contributed by atoms with Crippen LogP contribution in [-0.4, -0.2) is 37.2 Å². The molecule has 2 aromatic carbocycles. The molecule has 2 aromatic rings. The average molecular weight is 405 g/mol. The molecular weight excluding hydrogens is 383 g/mol. The van der Waals surface area contributed by atoms with Crippen molar-refractivity contribution >= 4 is 32.5 Å². The van der Waals surface area contributed by atoms with Crippen LogP contribution in [-0.2, 0) is 15.6 Å². The highest BCUT2D eigenvalue weighted by molar-refractivity contribution is 8.13. The largest absolute Gasteiger partial charge is 0.315 e. The number of nitrogens with zero attached hydrogens (tertiary/aromatic N) is 2. The van der Waals surface area contributed by atoms with Gasteiger partial charge < -0.3 is 4.90 Å². The Bertz CT molecular complexity index is 1020. The Morgan fingerprint density at radius 3 is 2.70 bits per heavy atom. The molecule has 4 nitrogen and oxygen atoms in total. The van der Waals surface area contributed by atoms with E-state index in [9.17, 15) is 12.8 Å². The molecular formula is C20H21FN2O2S2. The van der Waals surface area contributed by atoms with E-state index in [1.165, 1.54) is 17.8 Å². The third-order valence-electron chi connectivity index (χ3n) is 5.03. The average Bonchev–Trinajstić information content (AvgIpc) is 3.06. The maximum atomic E-state index is 14.0. The molecule has 142 valence electrons. The fourth-order valence-electron chi connectivity index (χ4n) is 3.75. The first-order chi connectivity index (χ1) is 12.8. The number of fused-ring (bicyclic) bond motifs is 1. The highest BCUT2D eigenvalue weighted by atomic mass is 32.2. The molecule has 2 aliphatic rings. The summed E-state index contributed by atoms with van der Waals surface area (Å²) in [4.78, 5) is 6.77. The zero-order valence-corrected chi connectivity index (χ0v) is 16.9. The van der Waals surface area contributed by atoms with Gasteiger partial charge in [0.2, 0.25) is 0 Å². The number of aryl methyl sites for hydroxylation is 2. The van der Waals surface area contributed by atoms with Crippen molar-refractivity contribution in [3.8, 4) is 0 Å². The Labute approximate surface area is 163 Å². The van der Waals surface area contributed by atoms with Gasteiger partial charge in [-0.3, -0.25) is 4.99 Å². The van der Waals surface area contributed by atoms with Crippen molar-refractivity contribution in [3.63, 3.8) is 0 Å². The van der Waals surface area contributed by atoms with Gasteiger partial charge in [-0.1, -0.05) is 47.7 Å². The van der Waals surface area contributed by atoms with Crippen molar-refractivity contribution < 1.29 is 12.8 Å². The molecule has 2 atom stereocenters. The van der Waals surface area contributed by atoms with E-state index >= 15 is 0 Å². The molecule has 0 spiro atoms. The van der Waals surface area contributed by atoms with E-state index in [4.69, 9.17) is 4.99 Å². The summed E-state index contributed by atoms with van der Waals surface area (Å²) in [6.07, 6.45) is 0. The van der Waals surface area contributed by atoms with Crippen LogP contribution in [0.15, 0.2) is 47.5 Å². The summed E-state index contributed by atoms with van der Waals surface area (Å²) < 4.78 is 38.3. The van der Waals surface area contributed by atoms with Crippen molar-refractivity contribution in [2.45, 2.75) is 31.7 Å². The monoisotopic (exact) mass is 404 g/mol. The molecule has 0 aromatic heterocycles. The van der Waals surface area contributed by atoms with Gasteiger partial charge in [-0.15, -0.1) is 0 Å². The number of halogens is 1. The van der Waals surface area contributed by atoms with Gasteiger partial charge in [0.15, 0.2) is 15.0 Å². The summed E-state index contributed by atoms with van der Waals surface area (Å²) in [6, 6.07) is 12.4. The van der Waals surface area contributed by atoms with E-state index < -0.39 is 9.84 Å². The van der Waals surface area contributed by atoms with Crippen LogP contribution in [0.3, 0.4) is 0 Å². The first-order valence-corrected chi connectivity index (χ1v) is 11.7. The van der Waals surface area contributed by atoms with Gasteiger partial charge in [0.1, 0.15) is 5.82 Å². The van der Waals surface area contributed by atoms with E-state index in [1.807, 2.05) is 32.0 Å². The maximum absolute atomic E-state index is 14.0. The number of amidine groups is 1. The van der Waals surface area contributed by atoms with Crippen molar-refractivity contribution in [1.29, 1.82) is 0 Å². The van der Waals surface area contributed by atoms with Crippen LogP contribution in [0.2, 0.25) is 0 Å². The summed E-state index contributed by atoms with van der Waals surface area (Å²) in [6.45, 7) is 4.06. The topological polar surface area (TPSA) is 49.7 Å². The first kappa shape index (κ1) is 18.5. The second-order valence-corrected chi connectivity index (χ2v) is 10.3. The highest BCUT2D eigenvalue weighted by Gasteiger charge is 2.47. The fourth-order valence-corrected chi connectivity index (χ4v) is 6.69. The van der Waals surface area contributed by atoms with E-state index in [0.717, 1.165) is 22.0 Å². The normalized spacial score (nSPS) is 23.4. The van der Waals surface area contributed by atoms with E-state index in [2.05, 4.69) is 11.0 Å². The van der Waals surface area contributed by atoms with Crippen molar-refractivity contribution in [2.75, 3.05) is 16.4 Å². The highest BCUT2D eigenvalue weighted by Crippen LogP contribution is 2.37. The molecule has 0 bridgehead atoms. The lowest BCUT2D eigenvalue weighted by molar-refractivity contribution is 0.601. The van der Waals surface area contributed by atoms with Gasteiger partial charge in [-0.2, -0.15) is 0 Å². The van der Waals surface area contributed by atoms with Crippen LogP contribution < -0.4 is 4.90 Å². The Kier molecular flexibility index (Phi) is 4.76. The molecule has 0 aliphatic carbocycles. The van der Waals surface area contributed by atoms with Gasteiger partial charge in [0.05, 0.1) is 23.6 Å². The van der Waals surface area contributed by atoms with Crippen molar-refractivity contribution in [3.05, 3.63) is 65.0 Å². The second-order valence-electron chi connectivity index (χ2n) is 7.16. The fraction of sp³-hybridized carbons (Fsp3) is 0.350. The Morgan fingerprint density at radius 1 is 1.19 bits per heavy atom. The number of aliphatic imine (C=N–C) groups is 1. The lowest BCUT2D eigenvalue weighted by Gasteiger charge is -2.28. The minimum absolute atomic E-state index is 0.0861. The van der Waals surface area contributed by atoms with E-state index in [-0.39, 0.29) is 29.4 Å². The summed E-state index contributed by atoms with van der Waals surface area (Å²) in [5.41, 5.74) is 3.84. The van der Waals surface area contributed by atoms with Crippen LogP contribution in [0.4, 0.5) is 10.1 Å². The van der Waals surface area contributed by atoms with Gasteiger partial charge in [-0.05, 0) is 37.1 Å². The summed E-state index contributed by atoms with van der Waals surface area (Å²) >= 11 is 1.47. The van der Waals surface area contributed by atoms with Crippen molar-refractivity contribution in [2.24, 2.45) is 4.99 Å². The number of hydrogen-bond donors (Lipinski definition) is 0. The zero-order chi connectivity index (χ0) is 19.2. The van der Waals surface area contributed by atoms with Gasteiger partial charge in [0.25, 0.3) is 0 Å². The van der Waals surface area contributed by atoms with Crippen LogP contribution in [0.5, 0.6) is 0 Å². The predicted octanol–water partition coefficient (Wildman–Crippen LogP) is 3.72. The molecule has 0 unspecified atom stereocenters. The quantitative estimate of drug-likeness (QED) is 0.782. The maximum Gasteiger partial charge on any atom is 0.164 e. The van der Waals surface area contributed by atoms with Gasteiger partial charge in [-0.25, -0.2) is 12.8 Å². The van der Waals surface area contributed by atoms with Crippen LogP contribution >= 0.6 is 11.8 Å². The van der Waals surface area contributed by atoms with Gasteiger partial charge >= 0.3 is 0 Å². The molecule has 4 rings (SSSR count). The molecule has 2 aliphatic heterocycles. The number of sulfone groups is 1. The molecule has 0 amide bonds. The molecule has 0 radical (unpaired) electrons. The Balaban J connectivity index is 1.66.